The number of hydrogen-bond acceptors (Lipinski definition) is 4. The lowest BCUT2D eigenvalue weighted by Gasteiger charge is -2.41. The van der Waals surface area contributed by atoms with Gasteiger partial charge in [0.2, 0.25) is 0 Å². The van der Waals surface area contributed by atoms with Crippen molar-refractivity contribution in [3.8, 4) is 11.4 Å². The summed E-state index contributed by atoms with van der Waals surface area (Å²) in [6.07, 6.45) is 5.14. The zero-order valence-electron chi connectivity index (χ0n) is 16.4. The molecule has 4 aromatic rings. The lowest BCUT2D eigenvalue weighted by molar-refractivity contribution is -0.0611. The SMILES string of the molecule is Cn1cnnc1CC1(c2cccc(-c3nc4cccc(C5CC5)c4[nH]3)c2)COC1. The summed E-state index contributed by atoms with van der Waals surface area (Å²) in [6.45, 7) is 1.41. The summed E-state index contributed by atoms with van der Waals surface area (Å²) >= 11 is 0. The van der Waals surface area contributed by atoms with E-state index in [1.54, 1.807) is 6.33 Å². The van der Waals surface area contributed by atoms with E-state index in [-0.39, 0.29) is 5.41 Å². The molecule has 6 nitrogen and oxygen atoms in total. The summed E-state index contributed by atoms with van der Waals surface area (Å²) in [7, 11) is 1.99. The summed E-state index contributed by atoms with van der Waals surface area (Å²) in [6, 6.07) is 15.2. The number of ether oxygens (including phenoxy) is 1. The van der Waals surface area contributed by atoms with Gasteiger partial charge in [-0.3, -0.25) is 0 Å². The van der Waals surface area contributed by atoms with Crippen LogP contribution in [0, 0.1) is 0 Å². The van der Waals surface area contributed by atoms with Crippen LogP contribution >= 0.6 is 0 Å². The first kappa shape index (κ1) is 16.9. The van der Waals surface area contributed by atoms with Gasteiger partial charge < -0.3 is 14.3 Å². The fourth-order valence-corrected chi connectivity index (χ4v) is 4.41. The standard InChI is InChI=1S/C23H23N5O/c1-28-14-24-27-20(28)11-23(12-29-13-23)17-5-2-4-16(10-17)22-25-19-7-3-6-18(15-8-9-15)21(19)26-22/h2-7,10,14-15H,8-9,11-13H2,1H3,(H,25,26). The minimum absolute atomic E-state index is 0.0536. The van der Waals surface area contributed by atoms with E-state index in [0.29, 0.717) is 19.1 Å². The van der Waals surface area contributed by atoms with Crippen LogP contribution in [0.4, 0.5) is 0 Å². The minimum atomic E-state index is -0.0536. The number of nitrogens with one attached hydrogen (secondary N) is 1. The Labute approximate surface area is 169 Å². The van der Waals surface area contributed by atoms with E-state index in [1.807, 2.05) is 11.6 Å². The number of benzene rings is 2. The van der Waals surface area contributed by atoms with Gasteiger partial charge in [0.05, 0.1) is 24.2 Å². The highest BCUT2D eigenvalue weighted by atomic mass is 16.5. The van der Waals surface area contributed by atoms with E-state index >= 15 is 0 Å². The molecule has 2 aromatic heterocycles. The van der Waals surface area contributed by atoms with Crippen LogP contribution < -0.4 is 0 Å². The molecule has 2 aromatic carbocycles. The Kier molecular flexibility index (Phi) is 3.65. The largest absolute Gasteiger partial charge is 0.379 e. The van der Waals surface area contributed by atoms with Crippen molar-refractivity contribution in [3.05, 3.63) is 65.7 Å². The molecule has 6 heteroatoms. The number of aromatic amines is 1. The van der Waals surface area contributed by atoms with Gasteiger partial charge in [0.15, 0.2) is 0 Å². The fraction of sp³-hybridized carbons (Fsp3) is 0.348. The summed E-state index contributed by atoms with van der Waals surface area (Å²) in [5, 5.41) is 8.32. The first-order valence-corrected chi connectivity index (χ1v) is 10.2. The maximum absolute atomic E-state index is 5.64. The number of nitrogens with zero attached hydrogens (tertiary/aromatic N) is 4. The molecular formula is C23H23N5O. The molecule has 0 atom stereocenters. The third-order valence-electron chi connectivity index (χ3n) is 6.37. The van der Waals surface area contributed by atoms with E-state index in [2.05, 4.69) is 57.6 Å². The highest BCUT2D eigenvalue weighted by Crippen LogP contribution is 2.43. The number of rotatable bonds is 5. The van der Waals surface area contributed by atoms with Crippen molar-refractivity contribution in [2.24, 2.45) is 7.05 Å². The van der Waals surface area contributed by atoms with E-state index in [4.69, 9.17) is 9.72 Å². The number of H-pyrrole nitrogens is 1. The van der Waals surface area contributed by atoms with Gasteiger partial charge in [-0.15, -0.1) is 10.2 Å². The molecule has 0 unspecified atom stereocenters. The first-order valence-electron chi connectivity index (χ1n) is 10.2. The predicted molar refractivity (Wildman–Crippen MR) is 111 cm³/mol. The van der Waals surface area contributed by atoms with Crippen molar-refractivity contribution in [1.82, 2.24) is 24.7 Å². The molecule has 0 amide bonds. The Morgan fingerprint density at radius 1 is 1.17 bits per heavy atom. The van der Waals surface area contributed by atoms with Gasteiger partial charge in [-0.25, -0.2) is 4.98 Å². The van der Waals surface area contributed by atoms with E-state index in [1.165, 1.54) is 29.5 Å². The first-order chi connectivity index (χ1) is 14.2. The monoisotopic (exact) mass is 385 g/mol. The average molecular weight is 385 g/mol. The van der Waals surface area contributed by atoms with Crippen LogP contribution in [0.25, 0.3) is 22.4 Å². The lowest BCUT2D eigenvalue weighted by Crippen LogP contribution is -2.49. The molecule has 1 aliphatic carbocycles. The number of aromatic nitrogens is 5. The normalized spacial score (nSPS) is 18.1. The smallest absolute Gasteiger partial charge is 0.138 e. The second-order valence-corrected chi connectivity index (χ2v) is 8.49. The molecule has 1 saturated carbocycles. The molecule has 0 radical (unpaired) electrons. The molecule has 2 fully saturated rings. The van der Waals surface area contributed by atoms with Gasteiger partial charge >= 0.3 is 0 Å². The number of fused-ring (bicyclic) bond motifs is 1. The van der Waals surface area contributed by atoms with E-state index in [9.17, 15) is 0 Å². The molecule has 1 saturated heterocycles. The third-order valence-corrected chi connectivity index (χ3v) is 6.37. The molecule has 29 heavy (non-hydrogen) atoms. The van der Waals surface area contributed by atoms with Crippen molar-refractivity contribution in [2.75, 3.05) is 13.2 Å². The highest BCUT2D eigenvalue weighted by molar-refractivity contribution is 5.83. The van der Waals surface area contributed by atoms with Gasteiger partial charge in [0, 0.05) is 24.4 Å². The summed E-state index contributed by atoms with van der Waals surface area (Å²) in [5.74, 6) is 2.61. The Bertz CT molecular complexity index is 1200. The molecular weight excluding hydrogens is 362 g/mol. The number of hydrogen-bond donors (Lipinski definition) is 1. The molecule has 1 N–H and O–H groups in total. The van der Waals surface area contributed by atoms with Crippen molar-refractivity contribution in [3.63, 3.8) is 0 Å². The molecule has 146 valence electrons. The Morgan fingerprint density at radius 2 is 2.03 bits per heavy atom. The Hall–Kier alpha value is -2.99. The maximum Gasteiger partial charge on any atom is 0.138 e. The fourth-order valence-electron chi connectivity index (χ4n) is 4.41. The minimum Gasteiger partial charge on any atom is -0.379 e. The molecule has 2 aliphatic rings. The van der Waals surface area contributed by atoms with Gasteiger partial charge in [-0.2, -0.15) is 0 Å². The molecule has 0 spiro atoms. The maximum atomic E-state index is 5.64. The molecule has 6 rings (SSSR count). The van der Waals surface area contributed by atoms with Gasteiger partial charge in [-0.1, -0.05) is 30.3 Å². The lowest BCUT2D eigenvalue weighted by atomic mass is 9.75. The quantitative estimate of drug-likeness (QED) is 0.568. The Morgan fingerprint density at radius 3 is 2.76 bits per heavy atom. The van der Waals surface area contributed by atoms with Crippen molar-refractivity contribution < 1.29 is 4.74 Å². The van der Waals surface area contributed by atoms with Crippen LogP contribution in [0.15, 0.2) is 48.8 Å². The van der Waals surface area contributed by atoms with Gasteiger partial charge in [-0.05, 0) is 42.0 Å². The number of aryl methyl sites for hydroxylation is 1. The van der Waals surface area contributed by atoms with Gasteiger partial charge in [0.1, 0.15) is 18.0 Å². The van der Waals surface area contributed by atoms with E-state index in [0.717, 1.165) is 29.1 Å². The average Bonchev–Trinajstić information content (AvgIpc) is 3.33. The number of para-hydroxylation sites is 1. The van der Waals surface area contributed by atoms with Crippen molar-refractivity contribution >= 4 is 11.0 Å². The third kappa shape index (κ3) is 2.78. The molecule has 3 heterocycles. The topological polar surface area (TPSA) is 68.6 Å². The van der Waals surface area contributed by atoms with Crippen LogP contribution in [0.2, 0.25) is 0 Å². The van der Waals surface area contributed by atoms with Crippen molar-refractivity contribution in [1.29, 1.82) is 0 Å². The zero-order chi connectivity index (χ0) is 19.4. The molecule has 0 bridgehead atoms. The Balaban J connectivity index is 1.39. The predicted octanol–water partition coefficient (Wildman–Crippen LogP) is 3.75. The second kappa shape index (κ2) is 6.26. The van der Waals surface area contributed by atoms with Crippen LogP contribution in [0.3, 0.4) is 0 Å². The number of imidazole rings is 1. The van der Waals surface area contributed by atoms with Crippen LogP contribution in [0.5, 0.6) is 0 Å². The zero-order valence-corrected chi connectivity index (χ0v) is 16.4. The second-order valence-electron chi connectivity index (χ2n) is 8.49. The van der Waals surface area contributed by atoms with E-state index < -0.39 is 0 Å². The van der Waals surface area contributed by atoms with Crippen molar-refractivity contribution in [2.45, 2.75) is 30.6 Å². The molecule has 1 aliphatic heterocycles. The highest BCUT2D eigenvalue weighted by Gasteiger charge is 2.41. The summed E-state index contributed by atoms with van der Waals surface area (Å²) in [5.41, 5.74) is 5.98. The van der Waals surface area contributed by atoms with Crippen LogP contribution in [0.1, 0.15) is 35.7 Å². The van der Waals surface area contributed by atoms with Crippen LogP contribution in [-0.2, 0) is 23.6 Å². The summed E-state index contributed by atoms with van der Waals surface area (Å²) in [4.78, 5) is 8.50. The summed E-state index contributed by atoms with van der Waals surface area (Å²) < 4.78 is 7.63. The van der Waals surface area contributed by atoms with Crippen LogP contribution in [-0.4, -0.2) is 37.9 Å². The van der Waals surface area contributed by atoms with Gasteiger partial charge in [0.25, 0.3) is 0 Å².